The van der Waals surface area contributed by atoms with Crippen LogP contribution in [-0.4, -0.2) is 25.4 Å². The molecule has 0 aliphatic rings. The second kappa shape index (κ2) is 22.5. The molecule has 0 amide bonds. The van der Waals surface area contributed by atoms with Gasteiger partial charge in [0.1, 0.15) is 0 Å². The van der Waals surface area contributed by atoms with Gasteiger partial charge in [-0.15, -0.1) is 0 Å². The Morgan fingerprint density at radius 1 is 1.27 bits per heavy atom. The van der Waals surface area contributed by atoms with E-state index in [2.05, 4.69) is 0 Å². The topological polar surface area (TPSA) is 29.5 Å². The molecule has 11 heavy (non-hydrogen) atoms. The standard InChI is InChI=1S/C5H12O2.3CH4.Y/c1-5(3-6)4-7-2;;;;/h5-6H,3-4H2,1-2H3;3*1H4;. The third kappa shape index (κ3) is 24.7. The molecule has 0 fully saturated rings. The Bertz CT molecular complexity index is 43.1. The Kier molecular flexibility index (Phi) is 60.5. The first-order valence-electron chi connectivity index (χ1n) is 2.41. The molecule has 1 atom stereocenters. The van der Waals surface area contributed by atoms with E-state index in [0.29, 0.717) is 6.61 Å². The molecule has 0 aromatic heterocycles. The third-order valence-corrected chi connectivity index (χ3v) is 0.763. The summed E-state index contributed by atoms with van der Waals surface area (Å²) in [7, 11) is 1.63. The predicted molar refractivity (Wildman–Crippen MR) is 48.3 cm³/mol. The van der Waals surface area contributed by atoms with Crippen molar-refractivity contribution in [1.29, 1.82) is 0 Å². The quantitative estimate of drug-likeness (QED) is 0.820. The third-order valence-electron chi connectivity index (χ3n) is 0.763. The van der Waals surface area contributed by atoms with Gasteiger partial charge in [-0.3, -0.25) is 0 Å². The Hall–Kier alpha value is 1.02. The fourth-order valence-corrected chi connectivity index (χ4v) is 0.337. The second-order valence-corrected chi connectivity index (χ2v) is 1.74. The average Bonchev–Trinajstić information content (AvgIpc) is 1.68. The zero-order valence-electron chi connectivity index (χ0n) is 5.42. The van der Waals surface area contributed by atoms with Gasteiger partial charge in [0.25, 0.3) is 0 Å². The molecule has 0 spiro atoms. The van der Waals surface area contributed by atoms with Crippen molar-refractivity contribution in [2.75, 3.05) is 20.3 Å². The molecule has 0 rings (SSSR count). The molecule has 0 aliphatic heterocycles. The summed E-state index contributed by atoms with van der Waals surface area (Å²) in [6, 6.07) is 0. The van der Waals surface area contributed by atoms with Crippen molar-refractivity contribution < 1.29 is 42.6 Å². The van der Waals surface area contributed by atoms with E-state index in [1.165, 1.54) is 0 Å². The molecular formula is C8H24O2Y. The second-order valence-electron chi connectivity index (χ2n) is 1.74. The van der Waals surface area contributed by atoms with E-state index in [-0.39, 0.29) is 67.5 Å². The zero-order chi connectivity index (χ0) is 5.70. The smallest absolute Gasteiger partial charge is 0.0509 e. The van der Waals surface area contributed by atoms with Gasteiger partial charge in [-0.1, -0.05) is 29.2 Å². The normalized spacial score (nSPS) is 9.00. The molecule has 0 aromatic carbocycles. The molecule has 71 valence electrons. The number of hydrogen-bond acceptors (Lipinski definition) is 2. The van der Waals surface area contributed by atoms with Gasteiger partial charge in [-0.05, 0) is 0 Å². The van der Waals surface area contributed by atoms with Crippen molar-refractivity contribution in [3.63, 3.8) is 0 Å². The van der Waals surface area contributed by atoms with E-state index in [9.17, 15) is 0 Å². The van der Waals surface area contributed by atoms with Gasteiger partial charge in [-0.2, -0.15) is 0 Å². The number of methoxy groups -OCH3 is 1. The van der Waals surface area contributed by atoms with Gasteiger partial charge >= 0.3 is 0 Å². The van der Waals surface area contributed by atoms with Crippen LogP contribution in [0.3, 0.4) is 0 Å². The van der Waals surface area contributed by atoms with Crippen LogP contribution in [0.2, 0.25) is 0 Å². The van der Waals surface area contributed by atoms with Crippen LogP contribution in [0, 0.1) is 5.92 Å². The fourth-order valence-electron chi connectivity index (χ4n) is 0.337. The van der Waals surface area contributed by atoms with Crippen LogP contribution in [0.15, 0.2) is 0 Å². The summed E-state index contributed by atoms with van der Waals surface area (Å²) in [5, 5.41) is 8.39. The molecule has 1 unspecified atom stereocenters. The first-order valence-corrected chi connectivity index (χ1v) is 2.41. The van der Waals surface area contributed by atoms with Crippen LogP contribution in [0.25, 0.3) is 0 Å². The molecule has 0 aromatic rings. The Morgan fingerprint density at radius 3 is 1.73 bits per heavy atom. The van der Waals surface area contributed by atoms with Gasteiger partial charge in [0, 0.05) is 52.3 Å². The van der Waals surface area contributed by atoms with Crippen LogP contribution in [0.4, 0.5) is 0 Å². The molecule has 3 heteroatoms. The number of ether oxygens (including phenoxy) is 1. The Balaban J connectivity index is -0.0000000300. The van der Waals surface area contributed by atoms with Crippen molar-refractivity contribution in [2.45, 2.75) is 29.2 Å². The monoisotopic (exact) mass is 241 g/mol. The SMILES string of the molecule is C.C.C.COCC(C)CO.[Y]. The summed E-state index contributed by atoms with van der Waals surface area (Å²) in [6.45, 7) is 2.80. The van der Waals surface area contributed by atoms with Crippen LogP contribution < -0.4 is 0 Å². The van der Waals surface area contributed by atoms with Crippen LogP contribution in [0.5, 0.6) is 0 Å². The Morgan fingerprint density at radius 2 is 1.64 bits per heavy atom. The number of hydrogen-bond donors (Lipinski definition) is 1. The van der Waals surface area contributed by atoms with E-state index in [1.807, 2.05) is 6.92 Å². The fraction of sp³-hybridized carbons (Fsp3) is 1.00. The van der Waals surface area contributed by atoms with E-state index in [4.69, 9.17) is 9.84 Å². The van der Waals surface area contributed by atoms with Gasteiger partial charge in [0.05, 0.1) is 6.61 Å². The number of aliphatic hydroxyl groups excluding tert-OH is 1. The van der Waals surface area contributed by atoms with E-state index >= 15 is 0 Å². The van der Waals surface area contributed by atoms with Crippen LogP contribution in [0.1, 0.15) is 29.2 Å². The van der Waals surface area contributed by atoms with Gasteiger partial charge in [0.2, 0.25) is 0 Å². The molecule has 2 nitrogen and oxygen atoms in total. The van der Waals surface area contributed by atoms with E-state index in [0.717, 1.165) is 0 Å². The summed E-state index contributed by atoms with van der Waals surface area (Å²) < 4.78 is 4.73. The van der Waals surface area contributed by atoms with Crippen molar-refractivity contribution in [2.24, 2.45) is 5.92 Å². The first kappa shape index (κ1) is 29.6. The van der Waals surface area contributed by atoms with Crippen molar-refractivity contribution in [1.82, 2.24) is 0 Å². The maximum Gasteiger partial charge on any atom is 0.0509 e. The molecule has 1 radical (unpaired) electrons. The zero-order valence-corrected chi connectivity index (χ0v) is 8.26. The Labute approximate surface area is 97.6 Å². The van der Waals surface area contributed by atoms with Gasteiger partial charge < -0.3 is 9.84 Å². The molecular weight excluding hydrogens is 217 g/mol. The van der Waals surface area contributed by atoms with Crippen molar-refractivity contribution >= 4 is 0 Å². The van der Waals surface area contributed by atoms with Gasteiger partial charge in [-0.25, -0.2) is 0 Å². The summed E-state index contributed by atoms with van der Waals surface area (Å²) >= 11 is 0. The minimum Gasteiger partial charge on any atom is -0.396 e. The van der Waals surface area contributed by atoms with Crippen molar-refractivity contribution in [3.8, 4) is 0 Å². The van der Waals surface area contributed by atoms with E-state index < -0.39 is 0 Å². The summed E-state index contributed by atoms with van der Waals surface area (Å²) in [5.41, 5.74) is 0. The maximum atomic E-state index is 8.39. The minimum atomic E-state index is 0. The van der Waals surface area contributed by atoms with Crippen LogP contribution in [-0.2, 0) is 37.4 Å². The van der Waals surface area contributed by atoms with Gasteiger partial charge in [0.15, 0.2) is 0 Å². The molecule has 0 saturated carbocycles. The largest absolute Gasteiger partial charge is 0.396 e. The average molecular weight is 241 g/mol. The van der Waals surface area contributed by atoms with Crippen molar-refractivity contribution in [3.05, 3.63) is 0 Å². The number of aliphatic hydroxyl groups is 1. The summed E-state index contributed by atoms with van der Waals surface area (Å²) in [4.78, 5) is 0. The van der Waals surface area contributed by atoms with Crippen LogP contribution >= 0.6 is 0 Å². The molecule has 0 heterocycles. The summed E-state index contributed by atoms with van der Waals surface area (Å²) in [6.07, 6.45) is 0. The molecule has 0 aliphatic carbocycles. The minimum absolute atomic E-state index is 0. The molecule has 0 bridgehead atoms. The predicted octanol–water partition coefficient (Wildman–Crippen LogP) is 2.17. The molecule has 1 N–H and O–H groups in total. The van der Waals surface area contributed by atoms with E-state index in [1.54, 1.807) is 7.11 Å². The number of rotatable bonds is 3. The molecule has 0 saturated heterocycles. The first-order chi connectivity index (χ1) is 3.31. The summed E-state index contributed by atoms with van der Waals surface area (Å²) in [5.74, 6) is 0.282. The maximum absolute atomic E-state index is 8.39.